The lowest BCUT2D eigenvalue weighted by Crippen LogP contribution is -2.43. The first-order valence-electron chi connectivity index (χ1n) is 7.17. The smallest absolute Gasteiger partial charge is 0.129 e. The van der Waals surface area contributed by atoms with Crippen LogP contribution < -0.4 is 5.32 Å². The van der Waals surface area contributed by atoms with Gasteiger partial charge in [-0.2, -0.15) is 0 Å². The molecule has 4 heteroatoms. The van der Waals surface area contributed by atoms with E-state index < -0.39 is 0 Å². The van der Waals surface area contributed by atoms with Crippen molar-refractivity contribution in [1.29, 1.82) is 0 Å². The number of likely N-dealkylation sites (tertiary alicyclic amines) is 1. The lowest BCUT2D eigenvalue weighted by Gasteiger charge is -2.32. The molecule has 2 fully saturated rings. The van der Waals surface area contributed by atoms with Crippen molar-refractivity contribution >= 4 is 15.9 Å². The maximum atomic E-state index is 9.47. The molecule has 1 aliphatic heterocycles. The van der Waals surface area contributed by atoms with E-state index in [1.165, 1.54) is 44.3 Å². The molecular weight excluding hydrogens is 304 g/mol. The predicted octanol–water partition coefficient (Wildman–Crippen LogP) is 2.87. The van der Waals surface area contributed by atoms with E-state index >= 15 is 0 Å². The molecule has 0 aromatic heterocycles. The maximum absolute atomic E-state index is 9.47. The minimum Gasteiger partial charge on any atom is -0.507 e. The number of hydrogen-bond acceptors (Lipinski definition) is 3. The number of rotatable bonds is 4. The standard InChI is InChI=1S/C15H21BrN2O/c16-14-9-11(1-4-15(14)19)10-17-12-5-7-18(8-6-12)13-2-3-13/h1,4,9,12-13,17,19H,2-3,5-8,10H2. The summed E-state index contributed by atoms with van der Waals surface area (Å²) in [5.74, 6) is 0.307. The van der Waals surface area contributed by atoms with Gasteiger partial charge in [0.2, 0.25) is 0 Å². The molecule has 2 aliphatic rings. The Morgan fingerprint density at radius 2 is 1.95 bits per heavy atom. The van der Waals surface area contributed by atoms with Crippen LogP contribution in [-0.4, -0.2) is 35.2 Å². The van der Waals surface area contributed by atoms with Crippen LogP contribution in [0.15, 0.2) is 22.7 Å². The molecule has 0 amide bonds. The average molecular weight is 325 g/mol. The molecule has 1 aromatic rings. The van der Waals surface area contributed by atoms with Gasteiger partial charge in [-0.15, -0.1) is 0 Å². The fourth-order valence-corrected chi connectivity index (χ4v) is 3.26. The van der Waals surface area contributed by atoms with Crippen LogP contribution in [0.2, 0.25) is 0 Å². The number of aromatic hydroxyl groups is 1. The molecule has 0 radical (unpaired) electrons. The van der Waals surface area contributed by atoms with Crippen molar-refractivity contribution in [2.45, 2.75) is 44.3 Å². The maximum Gasteiger partial charge on any atom is 0.129 e. The second-order valence-electron chi connectivity index (χ2n) is 5.71. The molecule has 1 saturated heterocycles. The number of phenols is 1. The number of benzene rings is 1. The normalized spacial score (nSPS) is 21.7. The summed E-state index contributed by atoms with van der Waals surface area (Å²) in [5, 5.41) is 13.1. The Kier molecular flexibility index (Phi) is 4.10. The third kappa shape index (κ3) is 3.50. The lowest BCUT2D eigenvalue weighted by atomic mass is 10.0. The minimum atomic E-state index is 0.307. The molecule has 1 aliphatic carbocycles. The van der Waals surface area contributed by atoms with Gasteiger partial charge in [-0.1, -0.05) is 6.07 Å². The van der Waals surface area contributed by atoms with Crippen LogP contribution >= 0.6 is 15.9 Å². The van der Waals surface area contributed by atoms with Crippen LogP contribution in [0.4, 0.5) is 0 Å². The van der Waals surface area contributed by atoms with Crippen molar-refractivity contribution in [2.24, 2.45) is 0 Å². The van der Waals surface area contributed by atoms with Gasteiger partial charge in [0.1, 0.15) is 5.75 Å². The summed E-state index contributed by atoms with van der Waals surface area (Å²) in [7, 11) is 0. The molecule has 3 rings (SSSR count). The van der Waals surface area contributed by atoms with E-state index in [2.05, 4.69) is 26.1 Å². The van der Waals surface area contributed by atoms with E-state index in [1.54, 1.807) is 6.07 Å². The zero-order chi connectivity index (χ0) is 13.2. The summed E-state index contributed by atoms with van der Waals surface area (Å²) in [6, 6.07) is 7.27. The summed E-state index contributed by atoms with van der Waals surface area (Å²) in [4.78, 5) is 2.65. The van der Waals surface area contributed by atoms with Crippen molar-refractivity contribution < 1.29 is 5.11 Å². The Morgan fingerprint density at radius 1 is 1.21 bits per heavy atom. The molecule has 19 heavy (non-hydrogen) atoms. The number of hydrogen-bond donors (Lipinski definition) is 2. The molecule has 3 nitrogen and oxygen atoms in total. The van der Waals surface area contributed by atoms with Crippen LogP contribution in [-0.2, 0) is 6.54 Å². The van der Waals surface area contributed by atoms with Gasteiger partial charge < -0.3 is 15.3 Å². The van der Waals surface area contributed by atoms with E-state index in [9.17, 15) is 5.11 Å². The summed E-state index contributed by atoms with van der Waals surface area (Å²) in [6.45, 7) is 3.39. The van der Waals surface area contributed by atoms with E-state index in [1.807, 2.05) is 12.1 Å². The van der Waals surface area contributed by atoms with Crippen molar-refractivity contribution in [2.75, 3.05) is 13.1 Å². The minimum absolute atomic E-state index is 0.307. The zero-order valence-corrected chi connectivity index (χ0v) is 12.7. The molecule has 0 bridgehead atoms. The van der Waals surface area contributed by atoms with Crippen molar-refractivity contribution in [3.8, 4) is 5.75 Å². The first-order chi connectivity index (χ1) is 9.22. The largest absolute Gasteiger partial charge is 0.507 e. The molecule has 0 spiro atoms. The molecular formula is C15H21BrN2O. The van der Waals surface area contributed by atoms with Gasteiger partial charge in [-0.25, -0.2) is 0 Å². The SMILES string of the molecule is Oc1ccc(CNC2CCN(C3CC3)CC2)cc1Br. The van der Waals surface area contributed by atoms with Gasteiger partial charge in [-0.05, 0) is 72.4 Å². The summed E-state index contributed by atoms with van der Waals surface area (Å²) >= 11 is 3.36. The van der Waals surface area contributed by atoms with Crippen LogP contribution in [0.5, 0.6) is 5.75 Å². The number of phenolic OH excluding ortho intramolecular Hbond substituents is 1. The van der Waals surface area contributed by atoms with Gasteiger partial charge in [0.25, 0.3) is 0 Å². The molecule has 104 valence electrons. The Labute approximate surface area is 123 Å². The lowest BCUT2D eigenvalue weighted by molar-refractivity contribution is 0.189. The van der Waals surface area contributed by atoms with Crippen molar-refractivity contribution in [3.05, 3.63) is 28.2 Å². The number of nitrogens with zero attached hydrogens (tertiary/aromatic N) is 1. The predicted molar refractivity (Wildman–Crippen MR) is 80.3 cm³/mol. The molecule has 1 aromatic carbocycles. The van der Waals surface area contributed by atoms with E-state index in [-0.39, 0.29) is 0 Å². The highest BCUT2D eigenvalue weighted by Gasteiger charge is 2.31. The highest BCUT2D eigenvalue weighted by molar-refractivity contribution is 9.10. The zero-order valence-electron chi connectivity index (χ0n) is 11.1. The summed E-state index contributed by atoms with van der Waals surface area (Å²) in [5.41, 5.74) is 1.22. The van der Waals surface area contributed by atoms with Crippen LogP contribution in [0.1, 0.15) is 31.2 Å². The topological polar surface area (TPSA) is 35.5 Å². The van der Waals surface area contributed by atoms with Gasteiger partial charge in [0, 0.05) is 18.6 Å². The molecule has 2 N–H and O–H groups in total. The Morgan fingerprint density at radius 3 is 2.58 bits per heavy atom. The fraction of sp³-hybridized carbons (Fsp3) is 0.600. The van der Waals surface area contributed by atoms with Crippen molar-refractivity contribution in [3.63, 3.8) is 0 Å². The quantitative estimate of drug-likeness (QED) is 0.894. The Bertz CT molecular complexity index is 440. The first-order valence-corrected chi connectivity index (χ1v) is 7.96. The summed E-state index contributed by atoms with van der Waals surface area (Å²) < 4.78 is 0.773. The van der Waals surface area contributed by atoms with Crippen LogP contribution in [0.3, 0.4) is 0 Å². The molecule has 1 saturated carbocycles. The number of piperidine rings is 1. The van der Waals surface area contributed by atoms with Gasteiger partial charge in [-0.3, -0.25) is 0 Å². The molecule has 0 unspecified atom stereocenters. The van der Waals surface area contributed by atoms with E-state index in [0.717, 1.165) is 17.1 Å². The monoisotopic (exact) mass is 324 g/mol. The van der Waals surface area contributed by atoms with Crippen LogP contribution in [0.25, 0.3) is 0 Å². The third-order valence-corrected chi connectivity index (χ3v) is 4.83. The van der Waals surface area contributed by atoms with Gasteiger partial charge in [0.15, 0.2) is 0 Å². The first kappa shape index (κ1) is 13.4. The molecule has 1 heterocycles. The second kappa shape index (κ2) is 5.81. The fourth-order valence-electron chi connectivity index (χ4n) is 2.83. The van der Waals surface area contributed by atoms with E-state index in [0.29, 0.717) is 11.8 Å². The number of halogens is 1. The Hall–Kier alpha value is -0.580. The van der Waals surface area contributed by atoms with Gasteiger partial charge >= 0.3 is 0 Å². The average Bonchev–Trinajstić information content (AvgIpc) is 3.25. The Balaban J connectivity index is 1.45. The van der Waals surface area contributed by atoms with Crippen LogP contribution in [0, 0.1) is 0 Å². The van der Waals surface area contributed by atoms with Gasteiger partial charge in [0.05, 0.1) is 4.47 Å². The molecule has 0 atom stereocenters. The van der Waals surface area contributed by atoms with E-state index in [4.69, 9.17) is 0 Å². The third-order valence-electron chi connectivity index (χ3n) is 4.20. The summed E-state index contributed by atoms with van der Waals surface area (Å²) in [6.07, 6.45) is 5.35. The highest BCUT2D eigenvalue weighted by atomic mass is 79.9. The number of nitrogens with one attached hydrogen (secondary N) is 1. The highest BCUT2D eigenvalue weighted by Crippen LogP contribution is 2.29. The van der Waals surface area contributed by atoms with Crippen molar-refractivity contribution in [1.82, 2.24) is 10.2 Å². The second-order valence-corrected chi connectivity index (χ2v) is 6.56.